The van der Waals surface area contributed by atoms with Crippen molar-refractivity contribution in [3.63, 3.8) is 0 Å². The lowest BCUT2D eigenvalue weighted by atomic mass is 10.6. The Kier molecular flexibility index (Phi) is 3.39. The molecule has 1 radical (unpaired) electrons. The lowest BCUT2D eigenvalue weighted by Crippen LogP contribution is -1.60. The van der Waals surface area contributed by atoms with Gasteiger partial charge in [-0.05, 0) is 0 Å². The zero-order chi connectivity index (χ0) is 3.41. The summed E-state index contributed by atoms with van der Waals surface area (Å²) in [5.41, 5.74) is 0. The van der Waals surface area contributed by atoms with E-state index < -0.39 is 0 Å². The van der Waals surface area contributed by atoms with Crippen LogP contribution in [-0.2, 0) is 0 Å². The Bertz CT molecular complexity index is 5.25. The van der Waals surface area contributed by atoms with Gasteiger partial charge in [-0.1, -0.05) is 19.4 Å². The van der Waals surface area contributed by atoms with Gasteiger partial charge in [-0.2, -0.15) is 0 Å². The van der Waals surface area contributed by atoms with E-state index in [4.69, 9.17) is 0 Å². The van der Waals surface area contributed by atoms with Crippen molar-refractivity contribution in [3.8, 4) is 0 Å². The lowest BCUT2D eigenvalue weighted by molar-refractivity contribution is 1.19. The molecule has 0 aromatic heterocycles. The molecular formula is C3H9Si. The number of rotatable bonds is 1. The Morgan fingerprint density at radius 3 is 2.25 bits per heavy atom. The van der Waals surface area contributed by atoms with E-state index >= 15 is 0 Å². The van der Waals surface area contributed by atoms with Crippen LogP contribution < -0.4 is 0 Å². The molecule has 0 saturated carbocycles. The maximum Gasteiger partial charge on any atom is 0.00666 e. The molecule has 0 unspecified atom stereocenters. The molecule has 0 N–H and O–H groups in total. The van der Waals surface area contributed by atoms with E-state index in [2.05, 4.69) is 13.0 Å². The molecule has 0 amide bonds. The van der Waals surface area contributed by atoms with Gasteiger partial charge in [-0.15, -0.1) is 0 Å². The van der Waals surface area contributed by atoms with Gasteiger partial charge >= 0.3 is 0 Å². The van der Waals surface area contributed by atoms with E-state index in [1.807, 2.05) is 0 Å². The molecule has 0 saturated heterocycles. The highest BCUT2D eigenvalue weighted by Gasteiger charge is 1.57. The zero-order valence-electron chi connectivity index (χ0n) is 3.28. The van der Waals surface area contributed by atoms with E-state index in [0.29, 0.717) is 0 Å². The average molecular weight is 73.2 g/mol. The Morgan fingerprint density at radius 2 is 2.25 bits per heavy atom. The van der Waals surface area contributed by atoms with Crippen LogP contribution in [-0.4, -0.2) is 10.2 Å². The van der Waals surface area contributed by atoms with Crippen LogP contribution in [0.4, 0.5) is 0 Å². The highest BCUT2D eigenvalue weighted by Crippen LogP contribution is 1.69. The summed E-state index contributed by atoms with van der Waals surface area (Å²) in [5, 5.41) is 0. The number of hydrogen-bond donors (Lipinski definition) is 0. The first kappa shape index (κ1) is 4.22. The highest BCUT2D eigenvalue weighted by molar-refractivity contribution is 6.14. The first-order valence-corrected chi connectivity index (χ1v) is 2.85. The second-order valence-electron chi connectivity index (χ2n) is 0.816. The molecular weight excluding hydrogens is 64.1 g/mol. The van der Waals surface area contributed by atoms with Gasteiger partial charge in [-0.25, -0.2) is 0 Å². The van der Waals surface area contributed by atoms with Gasteiger partial charge in [0.05, 0.1) is 0 Å². The summed E-state index contributed by atoms with van der Waals surface area (Å²) < 4.78 is 0. The molecule has 0 rings (SSSR count). The Labute approximate surface area is 30.6 Å². The summed E-state index contributed by atoms with van der Waals surface area (Å²) in [5.74, 6) is 0. The molecule has 0 aliphatic heterocycles. The standard InChI is InChI=1S/C3H9Si/c1-2-3-4/h3H,2H2,1,4H3. The maximum absolute atomic E-state index is 2.26. The van der Waals surface area contributed by atoms with Gasteiger partial charge in [0, 0.05) is 10.2 Å². The van der Waals surface area contributed by atoms with E-state index in [0.717, 1.165) is 0 Å². The quantitative estimate of drug-likeness (QED) is 0.381. The van der Waals surface area contributed by atoms with Crippen molar-refractivity contribution >= 4 is 10.2 Å². The second-order valence-corrected chi connectivity index (χ2v) is 1.63. The summed E-state index contributed by atoms with van der Waals surface area (Å²) in [6, 6.07) is 2.26. The minimum atomic E-state index is 1.26. The fraction of sp³-hybridized carbons (Fsp3) is 0.667. The first-order valence-electron chi connectivity index (χ1n) is 1.69. The highest BCUT2D eigenvalue weighted by atomic mass is 28.1. The van der Waals surface area contributed by atoms with E-state index in [1.165, 1.54) is 16.7 Å². The Morgan fingerprint density at radius 1 is 2.00 bits per heavy atom. The van der Waals surface area contributed by atoms with Crippen molar-refractivity contribution in [3.05, 3.63) is 6.04 Å². The minimum absolute atomic E-state index is 1.26. The second kappa shape index (κ2) is 3.22. The molecule has 25 valence electrons. The van der Waals surface area contributed by atoms with Crippen LogP contribution in [0.25, 0.3) is 0 Å². The van der Waals surface area contributed by atoms with Crippen LogP contribution >= 0.6 is 0 Å². The van der Waals surface area contributed by atoms with Gasteiger partial charge in [-0.3, -0.25) is 0 Å². The monoisotopic (exact) mass is 73.0 g/mol. The molecule has 0 aromatic rings. The molecule has 0 aromatic carbocycles. The third-order valence-corrected chi connectivity index (χ3v) is 1.22. The van der Waals surface area contributed by atoms with E-state index in [9.17, 15) is 0 Å². The summed E-state index contributed by atoms with van der Waals surface area (Å²) in [7, 11) is 1.26. The lowest BCUT2D eigenvalue weighted by Gasteiger charge is -1.67. The molecule has 0 aliphatic carbocycles. The van der Waals surface area contributed by atoms with Crippen LogP contribution in [0, 0.1) is 6.04 Å². The first-order chi connectivity index (χ1) is 1.91. The van der Waals surface area contributed by atoms with Crippen LogP contribution in [0.3, 0.4) is 0 Å². The van der Waals surface area contributed by atoms with E-state index in [-0.39, 0.29) is 0 Å². The van der Waals surface area contributed by atoms with Gasteiger partial charge in [0.2, 0.25) is 0 Å². The third kappa shape index (κ3) is 2.22. The summed E-state index contributed by atoms with van der Waals surface area (Å²) in [6.45, 7) is 2.16. The molecule has 0 bridgehead atoms. The predicted octanol–water partition coefficient (Wildman–Crippen LogP) is -0.0764. The molecule has 0 heterocycles. The van der Waals surface area contributed by atoms with Crippen LogP contribution in [0.2, 0.25) is 0 Å². The third-order valence-electron chi connectivity index (χ3n) is 0.408. The summed E-state index contributed by atoms with van der Waals surface area (Å²) >= 11 is 0. The zero-order valence-corrected chi connectivity index (χ0v) is 5.28. The topological polar surface area (TPSA) is 0 Å². The molecule has 0 fully saturated rings. The van der Waals surface area contributed by atoms with Crippen molar-refractivity contribution in [1.82, 2.24) is 0 Å². The fourth-order valence-electron chi connectivity index (χ4n) is 0. The van der Waals surface area contributed by atoms with Gasteiger partial charge < -0.3 is 0 Å². The van der Waals surface area contributed by atoms with Crippen molar-refractivity contribution < 1.29 is 0 Å². The summed E-state index contributed by atoms with van der Waals surface area (Å²) in [6.07, 6.45) is 1.26. The van der Waals surface area contributed by atoms with Crippen molar-refractivity contribution in [1.29, 1.82) is 0 Å². The largest absolute Gasteiger partial charge is 0.0654 e. The average Bonchev–Trinajstić information content (AvgIpc) is 1.37. The minimum Gasteiger partial charge on any atom is -0.0654 e. The number of hydrogen-bond acceptors (Lipinski definition) is 0. The van der Waals surface area contributed by atoms with Crippen LogP contribution in [0.5, 0.6) is 0 Å². The van der Waals surface area contributed by atoms with Crippen molar-refractivity contribution in [2.75, 3.05) is 0 Å². The van der Waals surface area contributed by atoms with Gasteiger partial charge in [0.25, 0.3) is 0 Å². The summed E-state index contributed by atoms with van der Waals surface area (Å²) in [4.78, 5) is 0. The smallest absolute Gasteiger partial charge is 0.00666 e. The maximum atomic E-state index is 2.26. The van der Waals surface area contributed by atoms with Crippen molar-refractivity contribution in [2.45, 2.75) is 13.3 Å². The van der Waals surface area contributed by atoms with Crippen LogP contribution in [0.15, 0.2) is 0 Å². The molecule has 4 heavy (non-hydrogen) atoms. The Hall–Kier alpha value is 0.217. The SMILES string of the molecule is CC[CH][SiH3]. The van der Waals surface area contributed by atoms with Gasteiger partial charge in [0.15, 0.2) is 0 Å². The molecule has 0 nitrogen and oxygen atoms in total. The van der Waals surface area contributed by atoms with E-state index in [1.54, 1.807) is 0 Å². The Balaban J connectivity index is 1.97. The van der Waals surface area contributed by atoms with Gasteiger partial charge in [0.1, 0.15) is 0 Å². The van der Waals surface area contributed by atoms with Crippen molar-refractivity contribution in [2.24, 2.45) is 0 Å². The fourth-order valence-corrected chi connectivity index (χ4v) is 0. The molecule has 0 atom stereocenters. The van der Waals surface area contributed by atoms with Crippen LogP contribution in [0.1, 0.15) is 13.3 Å². The molecule has 1 heteroatoms. The molecule has 0 aliphatic rings. The molecule has 0 spiro atoms. The predicted molar refractivity (Wildman–Crippen MR) is 24.5 cm³/mol. The normalized spacial score (nSPS) is 8.25.